The van der Waals surface area contributed by atoms with E-state index in [2.05, 4.69) is 19.9 Å². The number of rotatable bonds is 4. The van der Waals surface area contributed by atoms with Crippen molar-refractivity contribution in [1.82, 2.24) is 19.9 Å². The van der Waals surface area contributed by atoms with Crippen LogP contribution in [0, 0.1) is 62.5 Å². The third kappa shape index (κ3) is 5.37. The van der Waals surface area contributed by atoms with Gasteiger partial charge in [0.2, 0.25) is 0 Å². The fourth-order valence-corrected chi connectivity index (χ4v) is 6.40. The van der Waals surface area contributed by atoms with Crippen molar-refractivity contribution < 1.29 is 44.4 Å². The molecule has 0 spiro atoms. The molecule has 5 heterocycles. The summed E-state index contributed by atoms with van der Waals surface area (Å²) in [4.78, 5) is 23.9. The molecule has 0 fully saturated rings. The molecule has 0 saturated carbocycles. The summed E-state index contributed by atoms with van der Waals surface area (Å²) in [6, 6.07) is 10.5. The van der Waals surface area contributed by atoms with Crippen molar-refractivity contribution in [2.45, 2.75) is 0 Å². The Bertz CT molecular complexity index is 2840. The summed E-state index contributed by atoms with van der Waals surface area (Å²) < 4.78 is 135. The molecule has 264 valence electrons. The van der Waals surface area contributed by atoms with Crippen LogP contribution in [0.25, 0.3) is 78.6 Å². The second kappa shape index (κ2) is 12.1. The Kier molecular flexibility index (Phi) is 7.63. The molecule has 3 aromatic carbocycles. The molecule has 3 N–H and O–H groups in total. The van der Waals surface area contributed by atoms with E-state index < -0.39 is 85.2 Å². The van der Waals surface area contributed by atoms with E-state index in [1.54, 1.807) is 0 Å². The summed E-state index contributed by atoms with van der Waals surface area (Å²) in [5, 5.41) is 11.7. The number of non-ortho nitro benzene ring substituents is 1. The van der Waals surface area contributed by atoms with Gasteiger partial charge in [-0.05, 0) is 60.2 Å². The van der Waals surface area contributed by atoms with Crippen molar-refractivity contribution >= 4 is 50.9 Å². The average molecular weight is 734 g/mol. The van der Waals surface area contributed by atoms with Crippen molar-refractivity contribution in [1.29, 1.82) is 0 Å². The Morgan fingerprint density at radius 3 is 1.40 bits per heavy atom. The van der Waals surface area contributed by atoms with Crippen LogP contribution in [0.2, 0.25) is 0 Å². The number of nitro benzene ring substituents is 1. The maximum absolute atomic E-state index is 15.5. The van der Waals surface area contributed by atoms with E-state index in [9.17, 15) is 32.1 Å². The summed E-state index contributed by atoms with van der Waals surface area (Å²) in [7, 11) is 0. The van der Waals surface area contributed by atoms with E-state index in [-0.39, 0.29) is 67.7 Å². The van der Waals surface area contributed by atoms with E-state index in [1.807, 2.05) is 0 Å². The predicted molar refractivity (Wildman–Crippen MR) is 178 cm³/mol. The molecule has 0 atom stereocenters. The highest BCUT2D eigenvalue weighted by atomic mass is 19.2. The van der Waals surface area contributed by atoms with Gasteiger partial charge in [0.15, 0.2) is 46.5 Å². The fourth-order valence-electron chi connectivity index (χ4n) is 6.40. The van der Waals surface area contributed by atoms with Gasteiger partial charge >= 0.3 is 0 Å². The van der Waals surface area contributed by atoms with Crippen molar-refractivity contribution in [2.24, 2.45) is 0 Å². The van der Waals surface area contributed by atoms with Crippen LogP contribution < -0.4 is 0 Å². The van der Waals surface area contributed by atoms with Crippen LogP contribution in [0.15, 0.2) is 66.7 Å². The molecule has 16 heteroatoms. The first-order valence-electron chi connectivity index (χ1n) is 15.3. The fraction of sp³-hybridized carbons (Fsp3) is 0. The highest BCUT2D eigenvalue weighted by Gasteiger charge is 2.27. The molecule has 7 aromatic rings. The van der Waals surface area contributed by atoms with Crippen LogP contribution in [0.5, 0.6) is 0 Å². The topological polar surface area (TPSA) is 103 Å². The van der Waals surface area contributed by atoms with Crippen molar-refractivity contribution in [3.05, 3.63) is 141 Å². The number of nitrogens with one attached hydrogen (secondary N) is 3. The Hall–Kier alpha value is -6.84. The molecule has 0 saturated heterocycles. The lowest BCUT2D eigenvalue weighted by atomic mass is 10.0. The zero-order chi connectivity index (χ0) is 37.5. The molecule has 1 aliphatic rings. The summed E-state index contributed by atoms with van der Waals surface area (Å²) in [6.45, 7) is 0. The summed E-state index contributed by atoms with van der Waals surface area (Å²) >= 11 is 0. The molecular weight excluding hydrogens is 717 g/mol. The maximum atomic E-state index is 15.5. The molecule has 0 unspecified atom stereocenters. The number of benzene rings is 3. The zero-order valence-corrected chi connectivity index (χ0v) is 26.1. The van der Waals surface area contributed by atoms with Crippen LogP contribution >= 0.6 is 0 Å². The zero-order valence-electron chi connectivity index (χ0n) is 26.1. The molecule has 1 aliphatic heterocycles. The Labute approximate surface area is 289 Å². The summed E-state index contributed by atoms with van der Waals surface area (Å²) in [5.41, 5.74) is -4.60. The van der Waals surface area contributed by atoms with Gasteiger partial charge in [-0.15, -0.1) is 0 Å². The van der Waals surface area contributed by atoms with Gasteiger partial charge in [-0.25, -0.2) is 44.5 Å². The molecule has 8 rings (SSSR count). The quantitative estimate of drug-likeness (QED) is 0.0726. The minimum atomic E-state index is -1.76. The normalized spacial score (nSPS) is 11.9. The van der Waals surface area contributed by atoms with Crippen LogP contribution in [0.4, 0.5) is 45.2 Å². The Morgan fingerprint density at radius 1 is 0.472 bits per heavy atom. The van der Waals surface area contributed by atoms with Crippen LogP contribution in [0.1, 0.15) is 11.4 Å². The first-order valence-corrected chi connectivity index (χ1v) is 15.3. The number of aromatic amines is 3. The standard InChI is InChI=1S/C37H16F9N5O2/c38-15-9-14(10-16(11-15)51(52)53)29-23-5-7-27(49-23)30(32-34(43)17(39)12-18(40)35(32)44)25-3-1-21(47-25)22-2-4-26(48-22)31(28-8-6-24(29)50-28)33-36(45)19(41)13-20(42)37(33)46/h1-13,47,49-50H. The number of nitrogens with zero attached hydrogens (tertiary/aromatic N) is 2. The van der Waals surface area contributed by atoms with Gasteiger partial charge in [0.25, 0.3) is 5.69 Å². The second-order valence-electron chi connectivity index (χ2n) is 11.8. The number of halogens is 9. The first kappa shape index (κ1) is 33.3. The lowest BCUT2D eigenvalue weighted by Crippen LogP contribution is -2.00. The molecule has 7 nitrogen and oxygen atoms in total. The molecule has 0 amide bonds. The van der Waals surface area contributed by atoms with Gasteiger partial charge in [0, 0.05) is 62.5 Å². The lowest BCUT2D eigenvalue weighted by Gasteiger charge is -2.09. The number of nitro groups is 1. The molecular formula is C37H16F9N5O2. The minimum absolute atomic E-state index is 0.0195. The van der Waals surface area contributed by atoms with Gasteiger partial charge in [0.1, 0.15) is 5.82 Å². The van der Waals surface area contributed by atoms with E-state index in [1.165, 1.54) is 48.6 Å². The third-order valence-corrected chi connectivity index (χ3v) is 8.68. The third-order valence-electron chi connectivity index (χ3n) is 8.68. The van der Waals surface area contributed by atoms with Crippen molar-refractivity contribution in [3.8, 4) is 33.4 Å². The number of aromatic nitrogens is 4. The second-order valence-corrected chi connectivity index (χ2v) is 11.8. The molecule has 53 heavy (non-hydrogen) atoms. The summed E-state index contributed by atoms with van der Waals surface area (Å²) in [6.07, 6.45) is 2.62. The maximum Gasteiger partial charge on any atom is 0.272 e. The average Bonchev–Trinajstić information content (AvgIpc) is 3.95. The van der Waals surface area contributed by atoms with E-state index in [0.717, 1.165) is 12.1 Å². The SMILES string of the molecule is O=[N+]([O-])c1cc(F)cc(-c2c3ccc([nH]3)c(-c3c(F)c(F)cc(F)c3F)c3nc(c4ccc([nH]4)c(-c4c(F)c(F)cc(F)c4F)c4ccc2[nH]4)C=C3)c1. The highest BCUT2D eigenvalue weighted by Crippen LogP contribution is 2.40. The number of hydrogen-bond donors (Lipinski definition) is 3. The predicted octanol–water partition coefficient (Wildman–Crippen LogP) is 10.9. The highest BCUT2D eigenvalue weighted by molar-refractivity contribution is 6.00. The Balaban J connectivity index is 1.62. The smallest absolute Gasteiger partial charge is 0.272 e. The van der Waals surface area contributed by atoms with Gasteiger partial charge in [-0.3, -0.25) is 10.1 Å². The van der Waals surface area contributed by atoms with Gasteiger partial charge < -0.3 is 15.0 Å². The first-order chi connectivity index (χ1) is 25.3. The van der Waals surface area contributed by atoms with Crippen molar-refractivity contribution in [3.63, 3.8) is 0 Å². The number of H-pyrrole nitrogens is 3. The molecule has 4 aromatic heterocycles. The molecule has 8 bridgehead atoms. The van der Waals surface area contributed by atoms with E-state index in [4.69, 9.17) is 0 Å². The molecule has 0 aliphatic carbocycles. The van der Waals surface area contributed by atoms with Crippen molar-refractivity contribution in [2.75, 3.05) is 0 Å². The monoisotopic (exact) mass is 733 g/mol. The van der Waals surface area contributed by atoms with Gasteiger partial charge in [-0.2, -0.15) is 0 Å². The Morgan fingerprint density at radius 2 is 0.887 bits per heavy atom. The summed E-state index contributed by atoms with van der Waals surface area (Å²) in [5.74, 6) is -14.9. The van der Waals surface area contributed by atoms with Gasteiger partial charge in [0.05, 0.1) is 39.0 Å². The van der Waals surface area contributed by atoms with Gasteiger partial charge in [-0.1, -0.05) is 0 Å². The van der Waals surface area contributed by atoms with E-state index in [0.29, 0.717) is 6.07 Å². The van der Waals surface area contributed by atoms with E-state index >= 15 is 17.6 Å². The number of hydrogen-bond acceptors (Lipinski definition) is 3. The van der Waals surface area contributed by atoms with Crippen LogP contribution in [0.3, 0.4) is 0 Å². The van der Waals surface area contributed by atoms with Crippen LogP contribution in [-0.4, -0.2) is 24.9 Å². The number of fused-ring (bicyclic) bond motifs is 9. The van der Waals surface area contributed by atoms with Crippen LogP contribution in [-0.2, 0) is 0 Å². The lowest BCUT2D eigenvalue weighted by molar-refractivity contribution is -0.385. The minimum Gasteiger partial charge on any atom is -0.354 e. The molecule has 0 radical (unpaired) electrons. The largest absolute Gasteiger partial charge is 0.354 e.